The molecular formula is C19H19N3O4. The molecule has 7 nitrogen and oxygen atoms in total. The van der Waals surface area contributed by atoms with Crippen LogP contribution in [0.5, 0.6) is 0 Å². The third-order valence-corrected chi connectivity index (χ3v) is 4.67. The van der Waals surface area contributed by atoms with Crippen molar-refractivity contribution < 1.29 is 19.4 Å². The topological polar surface area (TPSA) is 90.9 Å². The molecule has 1 aliphatic carbocycles. The van der Waals surface area contributed by atoms with Crippen LogP contribution in [0.1, 0.15) is 17.2 Å². The second-order valence-electron chi connectivity index (χ2n) is 6.36. The van der Waals surface area contributed by atoms with Gasteiger partial charge < -0.3 is 20.5 Å². The van der Waals surface area contributed by atoms with E-state index in [0.717, 1.165) is 11.1 Å². The van der Waals surface area contributed by atoms with Crippen LogP contribution in [0.3, 0.4) is 0 Å². The quantitative estimate of drug-likeness (QED) is 0.790. The van der Waals surface area contributed by atoms with E-state index in [1.807, 2.05) is 24.3 Å². The highest BCUT2D eigenvalue weighted by Gasteiger charge is 2.32. The molecule has 26 heavy (non-hydrogen) atoms. The number of fused-ring (bicyclic) bond motifs is 1. The molecule has 3 amide bonds. The largest absolute Gasteiger partial charge is 0.447 e. The van der Waals surface area contributed by atoms with Crippen molar-refractivity contribution in [1.29, 1.82) is 0 Å². The standard InChI is InChI=1S/C19H19N3O4/c23-16-10-12-4-1-2-7-15(12)17(16)21-18(24)20-13-5-3-6-14(11-13)22-8-9-26-19(22)25/h1-7,11,16-17,23H,8-10H2,(H2,20,21,24)/t16-,17+/m0/s1. The van der Waals surface area contributed by atoms with Gasteiger partial charge in [0.2, 0.25) is 0 Å². The van der Waals surface area contributed by atoms with Gasteiger partial charge in [0.05, 0.1) is 18.7 Å². The molecule has 4 rings (SSSR count). The summed E-state index contributed by atoms with van der Waals surface area (Å²) in [6, 6.07) is 13.8. The molecule has 0 bridgehead atoms. The maximum Gasteiger partial charge on any atom is 0.414 e. The van der Waals surface area contributed by atoms with Crippen molar-refractivity contribution in [3.8, 4) is 0 Å². The molecular weight excluding hydrogens is 334 g/mol. The van der Waals surface area contributed by atoms with Crippen LogP contribution in [-0.2, 0) is 11.2 Å². The Morgan fingerprint density at radius 2 is 2.04 bits per heavy atom. The minimum absolute atomic E-state index is 0.357. The lowest BCUT2D eigenvalue weighted by atomic mass is 10.1. The van der Waals surface area contributed by atoms with Crippen molar-refractivity contribution in [3.05, 3.63) is 59.7 Å². The molecule has 1 fully saturated rings. The van der Waals surface area contributed by atoms with Gasteiger partial charge in [-0.3, -0.25) is 4.90 Å². The lowest BCUT2D eigenvalue weighted by Crippen LogP contribution is -2.36. The number of urea groups is 1. The van der Waals surface area contributed by atoms with Gasteiger partial charge in [-0.2, -0.15) is 0 Å². The zero-order valence-corrected chi connectivity index (χ0v) is 14.0. The van der Waals surface area contributed by atoms with Crippen molar-refractivity contribution in [2.24, 2.45) is 0 Å². The first kappa shape index (κ1) is 16.4. The first-order chi connectivity index (χ1) is 12.6. The Kier molecular flexibility index (Phi) is 4.22. The Labute approximate surface area is 150 Å². The molecule has 0 saturated carbocycles. The molecule has 0 spiro atoms. The van der Waals surface area contributed by atoms with Gasteiger partial charge in [-0.05, 0) is 29.3 Å². The zero-order valence-electron chi connectivity index (χ0n) is 14.0. The highest BCUT2D eigenvalue weighted by Crippen LogP contribution is 2.31. The molecule has 1 saturated heterocycles. The number of ether oxygens (including phenoxy) is 1. The van der Waals surface area contributed by atoms with Crippen LogP contribution in [0.25, 0.3) is 0 Å². The second-order valence-corrected chi connectivity index (χ2v) is 6.36. The van der Waals surface area contributed by atoms with E-state index in [0.29, 0.717) is 30.9 Å². The number of nitrogens with zero attached hydrogens (tertiary/aromatic N) is 1. The lowest BCUT2D eigenvalue weighted by molar-refractivity contribution is 0.144. The van der Waals surface area contributed by atoms with E-state index in [-0.39, 0.29) is 0 Å². The number of aliphatic hydroxyl groups is 1. The summed E-state index contributed by atoms with van der Waals surface area (Å²) < 4.78 is 4.93. The summed E-state index contributed by atoms with van der Waals surface area (Å²) in [5.74, 6) is 0. The fraction of sp³-hybridized carbons (Fsp3) is 0.263. The molecule has 2 atom stereocenters. The number of hydrogen-bond acceptors (Lipinski definition) is 4. The Balaban J connectivity index is 1.45. The Morgan fingerprint density at radius 1 is 1.19 bits per heavy atom. The van der Waals surface area contributed by atoms with Crippen LogP contribution in [0.15, 0.2) is 48.5 Å². The van der Waals surface area contributed by atoms with Crippen LogP contribution >= 0.6 is 0 Å². The molecule has 3 N–H and O–H groups in total. The summed E-state index contributed by atoms with van der Waals surface area (Å²) in [6.45, 7) is 0.843. The molecule has 0 radical (unpaired) electrons. The summed E-state index contributed by atoms with van der Waals surface area (Å²) >= 11 is 0. The van der Waals surface area contributed by atoms with Crippen LogP contribution in [0.2, 0.25) is 0 Å². The number of cyclic esters (lactones) is 1. The molecule has 1 heterocycles. The molecule has 134 valence electrons. The third-order valence-electron chi connectivity index (χ3n) is 4.67. The highest BCUT2D eigenvalue weighted by molar-refractivity contribution is 5.93. The lowest BCUT2D eigenvalue weighted by Gasteiger charge is -2.19. The smallest absolute Gasteiger partial charge is 0.414 e. The van der Waals surface area contributed by atoms with E-state index in [1.165, 1.54) is 4.90 Å². The van der Waals surface area contributed by atoms with Crippen molar-refractivity contribution in [2.75, 3.05) is 23.4 Å². The normalized spacial score (nSPS) is 21.3. The van der Waals surface area contributed by atoms with E-state index in [2.05, 4.69) is 10.6 Å². The number of benzene rings is 2. The van der Waals surface area contributed by atoms with Gasteiger partial charge in [-0.15, -0.1) is 0 Å². The van der Waals surface area contributed by atoms with E-state index >= 15 is 0 Å². The van der Waals surface area contributed by atoms with Gasteiger partial charge in [0.25, 0.3) is 0 Å². The monoisotopic (exact) mass is 353 g/mol. The van der Waals surface area contributed by atoms with Crippen LogP contribution in [0.4, 0.5) is 21.0 Å². The number of carbonyl (C=O) groups excluding carboxylic acids is 2. The molecule has 2 aliphatic rings. The summed E-state index contributed by atoms with van der Waals surface area (Å²) in [5.41, 5.74) is 3.19. The predicted octanol–water partition coefficient (Wildman–Crippen LogP) is 2.42. The molecule has 7 heteroatoms. The van der Waals surface area contributed by atoms with Crippen molar-refractivity contribution in [3.63, 3.8) is 0 Å². The average molecular weight is 353 g/mol. The van der Waals surface area contributed by atoms with E-state index in [4.69, 9.17) is 4.74 Å². The first-order valence-corrected chi connectivity index (χ1v) is 8.49. The van der Waals surface area contributed by atoms with Gasteiger partial charge in [0.15, 0.2) is 0 Å². The maximum atomic E-state index is 12.4. The third kappa shape index (κ3) is 3.09. The number of aliphatic hydroxyl groups excluding tert-OH is 1. The minimum Gasteiger partial charge on any atom is -0.447 e. The van der Waals surface area contributed by atoms with E-state index < -0.39 is 24.3 Å². The predicted molar refractivity (Wildman–Crippen MR) is 96.2 cm³/mol. The van der Waals surface area contributed by atoms with Crippen LogP contribution in [-0.4, -0.2) is 36.5 Å². The second kappa shape index (κ2) is 6.68. The summed E-state index contributed by atoms with van der Waals surface area (Å²) in [6.07, 6.45) is -0.519. The SMILES string of the molecule is O=C(Nc1cccc(N2CCOC2=O)c1)N[C@@H]1c2ccccc2C[C@@H]1O. The highest BCUT2D eigenvalue weighted by atomic mass is 16.6. The molecule has 0 unspecified atom stereocenters. The van der Waals surface area contributed by atoms with Gasteiger partial charge in [0.1, 0.15) is 6.61 Å². The number of carbonyl (C=O) groups is 2. The van der Waals surface area contributed by atoms with Gasteiger partial charge >= 0.3 is 12.1 Å². The number of hydrogen-bond donors (Lipinski definition) is 3. The van der Waals surface area contributed by atoms with Crippen LogP contribution < -0.4 is 15.5 Å². The molecule has 2 aromatic rings. The van der Waals surface area contributed by atoms with Crippen LogP contribution in [0, 0.1) is 0 Å². The molecule has 2 aromatic carbocycles. The van der Waals surface area contributed by atoms with Gasteiger partial charge in [-0.1, -0.05) is 30.3 Å². The molecule has 1 aliphatic heterocycles. The maximum absolute atomic E-state index is 12.4. The fourth-order valence-electron chi connectivity index (χ4n) is 3.44. The number of amides is 3. The number of anilines is 2. The zero-order chi connectivity index (χ0) is 18.1. The summed E-state index contributed by atoms with van der Waals surface area (Å²) in [5, 5.41) is 15.8. The summed E-state index contributed by atoms with van der Waals surface area (Å²) in [4.78, 5) is 25.6. The number of nitrogens with one attached hydrogen (secondary N) is 2. The Hall–Kier alpha value is -3.06. The van der Waals surface area contributed by atoms with E-state index in [9.17, 15) is 14.7 Å². The summed E-state index contributed by atoms with van der Waals surface area (Å²) in [7, 11) is 0. The minimum atomic E-state index is -0.649. The number of rotatable bonds is 3. The Bertz CT molecular complexity index is 854. The van der Waals surface area contributed by atoms with Gasteiger partial charge in [-0.25, -0.2) is 9.59 Å². The van der Waals surface area contributed by atoms with Gasteiger partial charge in [0, 0.05) is 17.8 Å². The first-order valence-electron chi connectivity index (χ1n) is 8.49. The fourth-order valence-corrected chi connectivity index (χ4v) is 3.44. The van der Waals surface area contributed by atoms with Crippen molar-refractivity contribution >= 4 is 23.5 Å². The average Bonchev–Trinajstić information content (AvgIpc) is 3.19. The van der Waals surface area contributed by atoms with Crippen molar-refractivity contribution in [1.82, 2.24) is 5.32 Å². The molecule has 0 aromatic heterocycles. The Morgan fingerprint density at radius 3 is 2.85 bits per heavy atom. The van der Waals surface area contributed by atoms with Crippen molar-refractivity contribution in [2.45, 2.75) is 18.6 Å². The van der Waals surface area contributed by atoms with E-state index in [1.54, 1.807) is 24.3 Å².